The zero-order valence-electron chi connectivity index (χ0n) is 17.5. The van der Waals surface area contributed by atoms with Crippen LogP contribution in [0.1, 0.15) is 28.8 Å². The zero-order chi connectivity index (χ0) is 21.4. The van der Waals surface area contributed by atoms with E-state index in [4.69, 9.17) is 4.18 Å². The standard InChI is InChI=1S/C26H25NO3S/c1-19-11-14-22(15-12-19)31(28,29)30-21-13-16-26-24(17-21)23-9-5-6-10-25(23)27(26)18-20-7-3-2-4-8-20/h2-12,14-15,21H,13,16-18H2,1H3. The number of rotatable bonds is 5. The maximum Gasteiger partial charge on any atom is 0.297 e. The molecule has 0 radical (unpaired) electrons. The summed E-state index contributed by atoms with van der Waals surface area (Å²) in [6.07, 6.45) is 1.73. The highest BCUT2D eigenvalue weighted by Crippen LogP contribution is 2.34. The van der Waals surface area contributed by atoms with Gasteiger partial charge in [0.1, 0.15) is 0 Å². The fourth-order valence-electron chi connectivity index (χ4n) is 4.54. The predicted molar refractivity (Wildman–Crippen MR) is 123 cm³/mol. The summed E-state index contributed by atoms with van der Waals surface area (Å²) < 4.78 is 33.7. The maximum atomic E-state index is 12.8. The number of fused-ring (bicyclic) bond motifs is 3. The van der Waals surface area contributed by atoms with E-state index in [1.165, 1.54) is 27.7 Å². The van der Waals surface area contributed by atoms with Gasteiger partial charge in [-0.25, -0.2) is 0 Å². The van der Waals surface area contributed by atoms with Gasteiger partial charge in [0.2, 0.25) is 0 Å². The van der Waals surface area contributed by atoms with E-state index in [9.17, 15) is 8.42 Å². The van der Waals surface area contributed by atoms with E-state index in [-0.39, 0.29) is 11.0 Å². The summed E-state index contributed by atoms with van der Waals surface area (Å²) in [5.41, 5.74) is 5.97. The monoisotopic (exact) mass is 431 g/mol. The van der Waals surface area contributed by atoms with Crippen molar-refractivity contribution in [1.82, 2.24) is 4.57 Å². The molecule has 1 aliphatic rings. The molecule has 1 aromatic heterocycles. The summed E-state index contributed by atoms with van der Waals surface area (Å²) in [5.74, 6) is 0. The van der Waals surface area contributed by atoms with Crippen LogP contribution in [-0.2, 0) is 33.7 Å². The molecule has 3 aromatic carbocycles. The van der Waals surface area contributed by atoms with E-state index < -0.39 is 10.1 Å². The minimum absolute atomic E-state index is 0.218. The van der Waals surface area contributed by atoms with Gasteiger partial charge >= 0.3 is 0 Å². The van der Waals surface area contributed by atoms with E-state index in [1.54, 1.807) is 24.3 Å². The average molecular weight is 432 g/mol. The fraction of sp³-hybridized carbons (Fsp3) is 0.231. The van der Waals surface area contributed by atoms with Crippen molar-refractivity contribution >= 4 is 21.0 Å². The van der Waals surface area contributed by atoms with Crippen LogP contribution in [-0.4, -0.2) is 19.1 Å². The minimum atomic E-state index is -3.78. The highest BCUT2D eigenvalue weighted by Gasteiger charge is 2.29. The predicted octanol–water partition coefficient (Wildman–Crippen LogP) is 5.26. The molecule has 0 saturated heterocycles. The molecular formula is C26H25NO3S. The van der Waals surface area contributed by atoms with Crippen molar-refractivity contribution in [1.29, 1.82) is 0 Å². The van der Waals surface area contributed by atoms with Crippen LogP contribution in [0.25, 0.3) is 10.9 Å². The molecule has 5 rings (SSSR count). The molecular weight excluding hydrogens is 406 g/mol. The number of para-hydroxylation sites is 1. The van der Waals surface area contributed by atoms with Crippen molar-refractivity contribution in [3.63, 3.8) is 0 Å². The molecule has 0 N–H and O–H groups in total. The lowest BCUT2D eigenvalue weighted by molar-refractivity contribution is 0.191. The summed E-state index contributed by atoms with van der Waals surface area (Å²) in [6.45, 7) is 2.75. The SMILES string of the molecule is Cc1ccc(S(=O)(=O)OC2CCc3c(c4ccccc4n3Cc3ccccc3)C2)cc1. The Bertz CT molecular complexity index is 1320. The molecule has 1 heterocycles. The Morgan fingerprint density at radius 3 is 2.42 bits per heavy atom. The van der Waals surface area contributed by atoms with Gasteiger partial charge in [-0.3, -0.25) is 4.18 Å². The molecule has 1 unspecified atom stereocenters. The Labute approximate surface area is 183 Å². The molecule has 0 fully saturated rings. The van der Waals surface area contributed by atoms with E-state index in [2.05, 4.69) is 47.0 Å². The number of aromatic nitrogens is 1. The quantitative estimate of drug-likeness (QED) is 0.405. The highest BCUT2D eigenvalue weighted by molar-refractivity contribution is 7.86. The second-order valence-corrected chi connectivity index (χ2v) is 9.81. The van der Waals surface area contributed by atoms with E-state index in [0.29, 0.717) is 12.8 Å². The van der Waals surface area contributed by atoms with Crippen LogP contribution in [0.2, 0.25) is 0 Å². The summed E-state index contributed by atoms with van der Waals surface area (Å²) in [4.78, 5) is 0.218. The first-order valence-corrected chi connectivity index (χ1v) is 12.0. The van der Waals surface area contributed by atoms with Crippen LogP contribution in [0.5, 0.6) is 0 Å². The van der Waals surface area contributed by atoms with E-state index in [0.717, 1.165) is 18.5 Å². The van der Waals surface area contributed by atoms with Crippen molar-refractivity contribution in [3.05, 3.63) is 101 Å². The lowest BCUT2D eigenvalue weighted by Gasteiger charge is -2.24. The molecule has 4 aromatic rings. The Balaban J connectivity index is 1.46. The van der Waals surface area contributed by atoms with Gasteiger partial charge in [-0.1, -0.05) is 66.2 Å². The summed E-state index contributed by atoms with van der Waals surface area (Å²) >= 11 is 0. The van der Waals surface area contributed by atoms with Gasteiger partial charge in [0.05, 0.1) is 11.0 Å². The summed E-state index contributed by atoms with van der Waals surface area (Å²) in [5, 5.41) is 1.19. The number of hydrogen-bond acceptors (Lipinski definition) is 3. The second kappa shape index (κ2) is 7.98. The molecule has 158 valence electrons. The van der Waals surface area contributed by atoms with Crippen LogP contribution < -0.4 is 0 Å². The topological polar surface area (TPSA) is 48.3 Å². The van der Waals surface area contributed by atoms with E-state index >= 15 is 0 Å². The van der Waals surface area contributed by atoms with Gasteiger partial charge in [-0.05, 0) is 49.1 Å². The first-order chi connectivity index (χ1) is 15.0. The average Bonchev–Trinajstić information content (AvgIpc) is 3.08. The molecule has 0 spiro atoms. The van der Waals surface area contributed by atoms with Crippen LogP contribution >= 0.6 is 0 Å². The van der Waals surface area contributed by atoms with Gasteiger partial charge in [0.25, 0.3) is 10.1 Å². The Hall–Kier alpha value is -2.89. The molecule has 31 heavy (non-hydrogen) atoms. The highest BCUT2D eigenvalue weighted by atomic mass is 32.2. The van der Waals surface area contributed by atoms with Gasteiger partial charge in [0.15, 0.2) is 0 Å². The summed E-state index contributed by atoms with van der Waals surface area (Å²) in [7, 11) is -3.78. The zero-order valence-corrected chi connectivity index (χ0v) is 18.3. The van der Waals surface area contributed by atoms with Gasteiger partial charge in [-0.2, -0.15) is 8.42 Å². The minimum Gasteiger partial charge on any atom is -0.340 e. The van der Waals surface area contributed by atoms with Gasteiger partial charge in [-0.15, -0.1) is 0 Å². The van der Waals surface area contributed by atoms with E-state index in [1.807, 2.05) is 19.1 Å². The van der Waals surface area contributed by atoms with Crippen molar-refractivity contribution in [2.75, 3.05) is 0 Å². The molecule has 0 saturated carbocycles. The largest absolute Gasteiger partial charge is 0.340 e. The molecule has 5 heteroatoms. The first-order valence-electron chi connectivity index (χ1n) is 10.6. The van der Waals surface area contributed by atoms with Crippen LogP contribution in [0, 0.1) is 6.92 Å². The first kappa shape index (κ1) is 20.0. The second-order valence-electron chi connectivity index (χ2n) is 8.24. The fourth-order valence-corrected chi connectivity index (χ4v) is 5.64. The normalized spacial score (nSPS) is 16.4. The Morgan fingerprint density at radius 1 is 0.935 bits per heavy atom. The van der Waals surface area contributed by atoms with Crippen LogP contribution in [0.15, 0.2) is 83.8 Å². The van der Waals surface area contributed by atoms with Gasteiger partial charge < -0.3 is 4.57 Å². The lowest BCUT2D eigenvalue weighted by Crippen LogP contribution is -2.26. The smallest absolute Gasteiger partial charge is 0.297 e. The third-order valence-electron chi connectivity index (χ3n) is 6.08. The Kier molecular flexibility index (Phi) is 5.16. The molecule has 4 nitrogen and oxygen atoms in total. The van der Waals surface area contributed by atoms with Crippen LogP contribution in [0.4, 0.5) is 0 Å². The molecule has 1 atom stereocenters. The molecule has 0 bridgehead atoms. The number of nitrogens with zero attached hydrogens (tertiary/aromatic N) is 1. The number of hydrogen-bond donors (Lipinski definition) is 0. The summed E-state index contributed by atoms with van der Waals surface area (Å²) in [6, 6.07) is 25.7. The van der Waals surface area contributed by atoms with Gasteiger partial charge in [0, 0.05) is 29.6 Å². The lowest BCUT2D eigenvalue weighted by atomic mass is 9.93. The molecule has 1 aliphatic carbocycles. The molecule has 0 aliphatic heterocycles. The molecule has 0 amide bonds. The van der Waals surface area contributed by atoms with Crippen molar-refractivity contribution < 1.29 is 12.6 Å². The van der Waals surface area contributed by atoms with Crippen molar-refractivity contribution in [3.8, 4) is 0 Å². The Morgan fingerprint density at radius 2 is 1.65 bits per heavy atom. The number of benzene rings is 3. The van der Waals surface area contributed by atoms with Crippen molar-refractivity contribution in [2.24, 2.45) is 0 Å². The third kappa shape index (κ3) is 3.91. The van der Waals surface area contributed by atoms with Crippen LogP contribution in [0.3, 0.4) is 0 Å². The van der Waals surface area contributed by atoms with Crippen molar-refractivity contribution in [2.45, 2.75) is 43.7 Å². The maximum absolute atomic E-state index is 12.8. The number of aryl methyl sites for hydroxylation is 1. The third-order valence-corrected chi connectivity index (χ3v) is 7.46.